The molecule has 2 fully saturated rings. The van der Waals surface area contributed by atoms with Crippen molar-refractivity contribution >= 4 is 17.9 Å². The van der Waals surface area contributed by atoms with Crippen LogP contribution < -0.4 is 0 Å². The molecule has 0 spiro atoms. The first kappa shape index (κ1) is 15.8. The van der Waals surface area contributed by atoms with Gasteiger partial charge in [0.15, 0.2) is 0 Å². The number of carbonyl (C=O) groups is 3. The van der Waals surface area contributed by atoms with Crippen LogP contribution in [0.15, 0.2) is 0 Å². The molecule has 0 aromatic rings. The molecule has 6 heteroatoms. The predicted octanol–water partition coefficient (Wildman–Crippen LogP) is 2.22. The number of hydrogen-bond acceptors (Lipinski definition) is 3. The highest BCUT2D eigenvalue weighted by Gasteiger charge is 2.57. The monoisotopic (exact) mass is 298 g/mol. The van der Waals surface area contributed by atoms with E-state index >= 15 is 0 Å². The second kappa shape index (κ2) is 6.03. The van der Waals surface area contributed by atoms with Gasteiger partial charge in [0.05, 0.1) is 17.3 Å². The third-order valence-electron chi connectivity index (χ3n) is 5.43. The van der Waals surface area contributed by atoms with Crippen LogP contribution in [0.3, 0.4) is 0 Å². The summed E-state index contributed by atoms with van der Waals surface area (Å²) < 4.78 is 0. The van der Waals surface area contributed by atoms with Gasteiger partial charge in [0.25, 0.3) is 0 Å². The number of hydrogen-bond donors (Lipinski definition) is 3. The standard InChI is InChI=1S/C15H22O6/c16-12(17)9-6-7-15(14(20)21,11(8-9)13(18)19)10-4-2-1-3-5-10/h9-11H,1-8H2,(H,16,17)(H,18,19)(H,20,21). The maximum absolute atomic E-state index is 12.0. The first-order valence-corrected chi connectivity index (χ1v) is 7.58. The number of carboxylic acid groups (broad SMARTS) is 3. The quantitative estimate of drug-likeness (QED) is 0.733. The van der Waals surface area contributed by atoms with Crippen LogP contribution >= 0.6 is 0 Å². The van der Waals surface area contributed by atoms with Crippen LogP contribution in [-0.2, 0) is 14.4 Å². The van der Waals surface area contributed by atoms with E-state index in [1.54, 1.807) is 0 Å². The molecule has 118 valence electrons. The van der Waals surface area contributed by atoms with Crippen LogP contribution in [0.5, 0.6) is 0 Å². The molecule has 3 unspecified atom stereocenters. The van der Waals surface area contributed by atoms with Gasteiger partial charge in [-0.2, -0.15) is 0 Å². The highest BCUT2D eigenvalue weighted by molar-refractivity contribution is 5.85. The van der Waals surface area contributed by atoms with E-state index in [-0.39, 0.29) is 25.2 Å². The normalized spacial score (nSPS) is 34.3. The number of rotatable bonds is 4. The van der Waals surface area contributed by atoms with Crippen molar-refractivity contribution in [3.8, 4) is 0 Å². The summed E-state index contributed by atoms with van der Waals surface area (Å²) in [5.41, 5.74) is -1.29. The lowest BCUT2D eigenvalue weighted by atomic mass is 9.55. The zero-order chi connectivity index (χ0) is 15.6. The number of aliphatic carboxylic acids is 3. The third kappa shape index (κ3) is 2.76. The molecule has 2 aliphatic carbocycles. The zero-order valence-electron chi connectivity index (χ0n) is 12.0. The Balaban J connectivity index is 2.35. The lowest BCUT2D eigenvalue weighted by Crippen LogP contribution is -2.52. The largest absolute Gasteiger partial charge is 0.481 e. The molecule has 0 aliphatic heterocycles. The Morgan fingerprint density at radius 1 is 0.857 bits per heavy atom. The summed E-state index contributed by atoms with van der Waals surface area (Å²) in [6.45, 7) is 0. The fraction of sp³-hybridized carbons (Fsp3) is 0.800. The van der Waals surface area contributed by atoms with Crippen LogP contribution in [0.4, 0.5) is 0 Å². The van der Waals surface area contributed by atoms with Gasteiger partial charge in [-0.25, -0.2) is 0 Å². The van der Waals surface area contributed by atoms with Crippen LogP contribution in [0, 0.1) is 23.2 Å². The zero-order valence-corrected chi connectivity index (χ0v) is 12.0. The Morgan fingerprint density at radius 2 is 1.48 bits per heavy atom. The van der Waals surface area contributed by atoms with Gasteiger partial charge in [0.1, 0.15) is 0 Å². The third-order valence-corrected chi connectivity index (χ3v) is 5.43. The van der Waals surface area contributed by atoms with Crippen LogP contribution in [0.1, 0.15) is 51.4 Å². The molecule has 0 amide bonds. The smallest absolute Gasteiger partial charge is 0.310 e. The Hall–Kier alpha value is -1.59. The van der Waals surface area contributed by atoms with Crippen molar-refractivity contribution in [2.45, 2.75) is 51.4 Å². The van der Waals surface area contributed by atoms with Crippen molar-refractivity contribution in [3.05, 3.63) is 0 Å². The van der Waals surface area contributed by atoms with E-state index in [2.05, 4.69) is 0 Å². The Morgan fingerprint density at radius 3 is 1.95 bits per heavy atom. The Kier molecular flexibility index (Phi) is 4.54. The fourth-order valence-electron chi connectivity index (χ4n) is 4.28. The van der Waals surface area contributed by atoms with Gasteiger partial charge in [-0.05, 0) is 38.0 Å². The van der Waals surface area contributed by atoms with E-state index in [9.17, 15) is 24.6 Å². The molecule has 2 rings (SSSR count). The van der Waals surface area contributed by atoms with Gasteiger partial charge >= 0.3 is 17.9 Å². The van der Waals surface area contributed by atoms with Crippen molar-refractivity contribution in [1.82, 2.24) is 0 Å². The molecule has 0 aromatic heterocycles. The second-order valence-corrected chi connectivity index (χ2v) is 6.38. The molecule has 0 radical (unpaired) electrons. The molecule has 2 aliphatic rings. The van der Waals surface area contributed by atoms with E-state index in [0.717, 1.165) is 32.1 Å². The molecule has 2 saturated carbocycles. The van der Waals surface area contributed by atoms with Crippen molar-refractivity contribution in [2.75, 3.05) is 0 Å². The van der Waals surface area contributed by atoms with Crippen molar-refractivity contribution < 1.29 is 29.7 Å². The minimum absolute atomic E-state index is 0.0759. The van der Waals surface area contributed by atoms with Gasteiger partial charge in [0, 0.05) is 0 Å². The molecule has 3 atom stereocenters. The predicted molar refractivity (Wildman–Crippen MR) is 72.7 cm³/mol. The van der Waals surface area contributed by atoms with Gasteiger partial charge in [-0.1, -0.05) is 19.3 Å². The SMILES string of the molecule is O=C(O)C1CCC(C(=O)O)(C2CCCCC2)C(C(=O)O)C1. The van der Waals surface area contributed by atoms with Gasteiger partial charge < -0.3 is 15.3 Å². The van der Waals surface area contributed by atoms with E-state index in [1.165, 1.54) is 0 Å². The maximum atomic E-state index is 12.0. The summed E-state index contributed by atoms with van der Waals surface area (Å²) in [5, 5.41) is 28.4. The van der Waals surface area contributed by atoms with Crippen molar-refractivity contribution in [3.63, 3.8) is 0 Å². The topological polar surface area (TPSA) is 112 Å². The van der Waals surface area contributed by atoms with Gasteiger partial charge in [-0.3, -0.25) is 14.4 Å². The van der Waals surface area contributed by atoms with E-state index in [1.807, 2.05) is 0 Å². The molecule has 0 aromatic carbocycles. The molecular weight excluding hydrogens is 276 g/mol. The van der Waals surface area contributed by atoms with E-state index in [4.69, 9.17) is 5.11 Å². The minimum atomic E-state index is -1.29. The Bertz CT molecular complexity index is 439. The molecule has 3 N–H and O–H groups in total. The summed E-state index contributed by atoms with van der Waals surface area (Å²) in [6, 6.07) is 0. The molecule has 21 heavy (non-hydrogen) atoms. The highest BCUT2D eigenvalue weighted by atomic mass is 16.4. The van der Waals surface area contributed by atoms with E-state index in [0.29, 0.717) is 0 Å². The molecule has 6 nitrogen and oxygen atoms in total. The summed E-state index contributed by atoms with van der Waals surface area (Å²) >= 11 is 0. The second-order valence-electron chi connectivity index (χ2n) is 6.38. The summed E-state index contributed by atoms with van der Waals surface area (Å²) in [4.78, 5) is 34.7. The number of carboxylic acids is 3. The maximum Gasteiger partial charge on any atom is 0.310 e. The summed E-state index contributed by atoms with van der Waals surface area (Å²) in [5.74, 6) is -5.27. The van der Waals surface area contributed by atoms with Crippen LogP contribution in [0.2, 0.25) is 0 Å². The molecular formula is C15H22O6. The molecule has 0 heterocycles. The van der Waals surface area contributed by atoms with Gasteiger partial charge in [0.2, 0.25) is 0 Å². The summed E-state index contributed by atoms with van der Waals surface area (Å²) in [7, 11) is 0. The first-order valence-electron chi connectivity index (χ1n) is 7.58. The first-order chi connectivity index (χ1) is 9.89. The van der Waals surface area contributed by atoms with Crippen LogP contribution in [0.25, 0.3) is 0 Å². The lowest BCUT2D eigenvalue weighted by Gasteiger charge is -2.46. The average molecular weight is 298 g/mol. The molecule has 0 saturated heterocycles. The Labute approximate surface area is 123 Å². The average Bonchev–Trinajstić information content (AvgIpc) is 2.46. The van der Waals surface area contributed by atoms with E-state index < -0.39 is 35.2 Å². The fourth-order valence-corrected chi connectivity index (χ4v) is 4.28. The van der Waals surface area contributed by atoms with Crippen molar-refractivity contribution in [1.29, 1.82) is 0 Å². The van der Waals surface area contributed by atoms with Crippen LogP contribution in [-0.4, -0.2) is 33.2 Å². The lowest BCUT2D eigenvalue weighted by molar-refractivity contribution is -0.177. The highest BCUT2D eigenvalue weighted by Crippen LogP contribution is 2.53. The molecule has 0 bridgehead atoms. The van der Waals surface area contributed by atoms with Gasteiger partial charge in [-0.15, -0.1) is 0 Å². The minimum Gasteiger partial charge on any atom is -0.481 e. The van der Waals surface area contributed by atoms with Crippen molar-refractivity contribution in [2.24, 2.45) is 23.2 Å². The summed E-state index contributed by atoms with van der Waals surface area (Å²) in [6.07, 6.45) is 4.70.